The first-order valence-corrected chi connectivity index (χ1v) is 12.4. The van der Waals surface area contributed by atoms with Crippen molar-refractivity contribution in [3.8, 4) is 0 Å². The van der Waals surface area contributed by atoms with Crippen LogP contribution in [0, 0.1) is 10.1 Å². The zero-order valence-electron chi connectivity index (χ0n) is 20.4. The molecule has 13 nitrogen and oxygen atoms in total. The van der Waals surface area contributed by atoms with Crippen LogP contribution in [0.1, 0.15) is 5.56 Å². The highest BCUT2D eigenvalue weighted by Gasteiger charge is 2.22. The molecule has 0 spiro atoms. The number of benzene rings is 2. The van der Waals surface area contributed by atoms with Crippen LogP contribution in [0.3, 0.4) is 0 Å². The first kappa shape index (κ1) is 25.6. The summed E-state index contributed by atoms with van der Waals surface area (Å²) in [6.07, 6.45) is 1.48. The summed E-state index contributed by atoms with van der Waals surface area (Å²) in [6.45, 7) is 4.71. The van der Waals surface area contributed by atoms with Crippen LogP contribution in [-0.4, -0.2) is 78.7 Å². The Morgan fingerprint density at radius 1 is 0.947 bits per heavy atom. The maximum Gasteiger partial charge on any atom is 0.293 e. The molecule has 0 atom stereocenters. The Bertz CT molecular complexity index is 1310. The number of nitro groups is 1. The van der Waals surface area contributed by atoms with Crippen LogP contribution in [-0.2, 0) is 9.47 Å². The summed E-state index contributed by atoms with van der Waals surface area (Å²) in [6, 6.07) is 12.2. The van der Waals surface area contributed by atoms with Crippen LogP contribution in [0.2, 0.25) is 5.02 Å². The first-order chi connectivity index (χ1) is 18.5. The fraction of sp³-hybridized carbons (Fsp3) is 0.333. The summed E-state index contributed by atoms with van der Waals surface area (Å²) in [5.74, 6) is 0.990. The highest BCUT2D eigenvalue weighted by Crippen LogP contribution is 2.29. The SMILES string of the molecule is O=[N+]([O-])c1cc(C=NNc2nc(Nc3cccc(Cl)c3)nc(N3CCOCC3)n2)ccc1N1CCOCC1. The molecule has 1 aromatic heterocycles. The normalized spacial score (nSPS) is 16.0. The van der Waals surface area contributed by atoms with E-state index in [1.54, 1.807) is 24.3 Å². The minimum atomic E-state index is -0.385. The lowest BCUT2D eigenvalue weighted by Gasteiger charge is -2.28. The maximum atomic E-state index is 11.7. The average Bonchev–Trinajstić information content (AvgIpc) is 2.94. The van der Waals surface area contributed by atoms with Crippen LogP contribution < -0.4 is 20.5 Å². The molecular weight excluding hydrogens is 514 g/mol. The summed E-state index contributed by atoms with van der Waals surface area (Å²) in [7, 11) is 0. The molecule has 2 fully saturated rings. The lowest BCUT2D eigenvalue weighted by atomic mass is 10.1. The number of hydrogen-bond donors (Lipinski definition) is 2. The predicted molar refractivity (Wildman–Crippen MR) is 145 cm³/mol. The molecule has 0 radical (unpaired) electrons. The molecule has 5 rings (SSSR count). The van der Waals surface area contributed by atoms with Crippen LogP contribution in [0.25, 0.3) is 0 Å². The number of ether oxygens (including phenoxy) is 2. The van der Waals surface area contributed by atoms with Crippen molar-refractivity contribution in [2.75, 3.05) is 73.1 Å². The summed E-state index contributed by atoms with van der Waals surface area (Å²) >= 11 is 6.11. The molecule has 38 heavy (non-hydrogen) atoms. The largest absolute Gasteiger partial charge is 0.378 e. The Morgan fingerprint density at radius 2 is 1.66 bits per heavy atom. The van der Waals surface area contributed by atoms with Gasteiger partial charge >= 0.3 is 0 Å². The summed E-state index contributed by atoms with van der Waals surface area (Å²) < 4.78 is 10.8. The molecule has 0 amide bonds. The number of hydrogen-bond acceptors (Lipinski definition) is 12. The lowest BCUT2D eigenvalue weighted by molar-refractivity contribution is -0.384. The molecule has 2 saturated heterocycles. The second kappa shape index (κ2) is 12.0. The zero-order valence-corrected chi connectivity index (χ0v) is 21.2. The van der Waals surface area contributed by atoms with Gasteiger partial charge in [-0.25, -0.2) is 5.43 Å². The maximum absolute atomic E-state index is 11.7. The molecule has 3 aromatic rings. The minimum absolute atomic E-state index is 0.0126. The predicted octanol–water partition coefficient (Wildman–Crippen LogP) is 3.30. The van der Waals surface area contributed by atoms with Gasteiger partial charge in [-0.2, -0.15) is 20.1 Å². The number of rotatable bonds is 8. The smallest absolute Gasteiger partial charge is 0.293 e. The van der Waals surface area contributed by atoms with E-state index in [1.807, 2.05) is 21.9 Å². The molecule has 0 saturated carbocycles. The summed E-state index contributed by atoms with van der Waals surface area (Å²) in [4.78, 5) is 28.8. The molecular formula is C24H26ClN9O4. The van der Waals surface area contributed by atoms with E-state index in [-0.39, 0.29) is 16.6 Å². The molecule has 2 aliphatic heterocycles. The molecule has 2 aliphatic rings. The summed E-state index contributed by atoms with van der Waals surface area (Å²) in [5, 5.41) is 19.7. The number of morpholine rings is 2. The number of nitro benzene ring substituents is 1. The van der Waals surface area contributed by atoms with Crippen LogP contribution >= 0.6 is 11.6 Å². The number of halogens is 1. The third kappa shape index (κ3) is 6.43. The van der Waals surface area contributed by atoms with Gasteiger partial charge in [-0.15, -0.1) is 0 Å². The molecule has 0 aliphatic carbocycles. The number of nitrogens with zero attached hydrogens (tertiary/aromatic N) is 7. The van der Waals surface area contributed by atoms with Gasteiger partial charge in [0.15, 0.2) is 0 Å². The Morgan fingerprint density at radius 3 is 2.37 bits per heavy atom. The van der Waals surface area contributed by atoms with E-state index in [1.165, 1.54) is 12.3 Å². The van der Waals surface area contributed by atoms with Gasteiger partial charge in [0.05, 0.1) is 37.6 Å². The monoisotopic (exact) mass is 539 g/mol. The van der Waals surface area contributed by atoms with Crippen LogP contribution in [0.5, 0.6) is 0 Å². The van der Waals surface area contributed by atoms with E-state index in [0.717, 1.165) is 5.69 Å². The van der Waals surface area contributed by atoms with Gasteiger partial charge in [0.2, 0.25) is 17.8 Å². The van der Waals surface area contributed by atoms with Crippen molar-refractivity contribution in [2.24, 2.45) is 5.10 Å². The lowest BCUT2D eigenvalue weighted by Crippen LogP contribution is -2.37. The van der Waals surface area contributed by atoms with Gasteiger partial charge in [0, 0.05) is 48.5 Å². The van der Waals surface area contributed by atoms with Crippen molar-refractivity contribution in [2.45, 2.75) is 0 Å². The van der Waals surface area contributed by atoms with Crippen LogP contribution in [0.15, 0.2) is 47.6 Å². The second-order valence-corrected chi connectivity index (χ2v) is 8.93. The fourth-order valence-electron chi connectivity index (χ4n) is 4.07. The molecule has 0 unspecified atom stereocenters. The minimum Gasteiger partial charge on any atom is -0.378 e. The van der Waals surface area contributed by atoms with Crippen molar-refractivity contribution in [1.29, 1.82) is 0 Å². The van der Waals surface area contributed by atoms with Crippen molar-refractivity contribution < 1.29 is 14.4 Å². The Balaban J connectivity index is 1.36. The highest BCUT2D eigenvalue weighted by molar-refractivity contribution is 6.30. The highest BCUT2D eigenvalue weighted by atomic mass is 35.5. The van der Waals surface area contributed by atoms with Gasteiger partial charge in [-0.05, 0) is 24.3 Å². The van der Waals surface area contributed by atoms with E-state index in [0.29, 0.717) is 80.8 Å². The molecule has 14 heteroatoms. The fourth-order valence-corrected chi connectivity index (χ4v) is 4.26. The van der Waals surface area contributed by atoms with Crippen molar-refractivity contribution >= 4 is 52.7 Å². The Hall–Kier alpha value is -4.07. The van der Waals surface area contributed by atoms with Gasteiger partial charge in [-0.1, -0.05) is 23.7 Å². The number of hydrazone groups is 1. The van der Waals surface area contributed by atoms with E-state index in [9.17, 15) is 10.1 Å². The average molecular weight is 540 g/mol. The van der Waals surface area contributed by atoms with E-state index in [4.69, 9.17) is 21.1 Å². The van der Waals surface area contributed by atoms with Crippen molar-refractivity contribution in [3.63, 3.8) is 0 Å². The summed E-state index contributed by atoms with van der Waals surface area (Å²) in [5.41, 5.74) is 4.68. The number of anilines is 5. The van der Waals surface area contributed by atoms with Gasteiger partial charge in [0.1, 0.15) is 5.69 Å². The van der Waals surface area contributed by atoms with Crippen molar-refractivity contribution in [3.05, 3.63) is 63.2 Å². The quantitative estimate of drug-likeness (QED) is 0.247. The first-order valence-electron chi connectivity index (χ1n) is 12.1. The zero-order chi connectivity index (χ0) is 26.3. The molecule has 2 N–H and O–H groups in total. The third-order valence-electron chi connectivity index (χ3n) is 5.92. The van der Waals surface area contributed by atoms with Gasteiger partial charge < -0.3 is 24.6 Å². The molecule has 3 heterocycles. The van der Waals surface area contributed by atoms with E-state index < -0.39 is 0 Å². The van der Waals surface area contributed by atoms with E-state index >= 15 is 0 Å². The standard InChI is InChI=1S/C24H26ClN9O4/c25-18-2-1-3-19(15-18)27-22-28-23(30-24(29-22)33-8-12-38-13-9-33)31-26-16-17-4-5-20(21(14-17)34(35)36)32-6-10-37-11-7-32/h1-5,14-16H,6-13H2,(H2,27,28,29,30,31). The molecule has 2 aromatic carbocycles. The number of aromatic nitrogens is 3. The topological polar surface area (TPSA) is 143 Å². The number of nitrogens with one attached hydrogen (secondary N) is 2. The Labute approximate surface area is 223 Å². The van der Waals surface area contributed by atoms with E-state index in [2.05, 4.69) is 30.8 Å². The third-order valence-corrected chi connectivity index (χ3v) is 6.16. The molecule has 198 valence electrons. The van der Waals surface area contributed by atoms with Crippen molar-refractivity contribution in [1.82, 2.24) is 15.0 Å². The second-order valence-electron chi connectivity index (χ2n) is 8.49. The Kier molecular flexibility index (Phi) is 8.06. The molecule has 0 bridgehead atoms. The van der Waals surface area contributed by atoms with Crippen LogP contribution in [0.4, 0.5) is 34.9 Å². The van der Waals surface area contributed by atoms with Gasteiger partial charge in [0.25, 0.3) is 5.69 Å². The van der Waals surface area contributed by atoms with Gasteiger partial charge in [-0.3, -0.25) is 10.1 Å².